The van der Waals surface area contributed by atoms with E-state index in [0.717, 1.165) is 12.5 Å². The summed E-state index contributed by atoms with van der Waals surface area (Å²) in [4.78, 5) is 1.36. The summed E-state index contributed by atoms with van der Waals surface area (Å²) in [6, 6.07) is 7.16. The number of benzene rings is 1. The molecule has 0 amide bonds. The number of rotatable bonds is 8. The number of halogens is 1. The van der Waals surface area contributed by atoms with Crippen LogP contribution < -0.4 is 5.32 Å². The van der Waals surface area contributed by atoms with Gasteiger partial charge in [0.05, 0.1) is 0 Å². The molecule has 0 saturated carbocycles. The fraction of sp³-hybridized carbons (Fsp3) is 0.625. The second-order valence-corrected chi connectivity index (χ2v) is 7.13. The molecule has 0 aliphatic rings. The lowest BCUT2D eigenvalue weighted by atomic mass is 10.1. The predicted molar refractivity (Wildman–Crippen MR) is 91.0 cm³/mol. The first-order valence-corrected chi connectivity index (χ1v) is 9.01. The first kappa shape index (κ1) is 17.1. The Kier molecular flexibility index (Phi) is 8.12. The van der Waals surface area contributed by atoms with Gasteiger partial charge in [0.2, 0.25) is 0 Å². The van der Waals surface area contributed by atoms with E-state index in [9.17, 15) is 0 Å². The topological polar surface area (TPSA) is 12.0 Å². The predicted octanol–water partition coefficient (Wildman–Crippen LogP) is 5.65. The second-order valence-electron chi connectivity index (χ2n) is 5.18. The van der Waals surface area contributed by atoms with E-state index in [1.165, 1.54) is 33.5 Å². The molecular weight excluding hydrogens is 318 g/mol. The van der Waals surface area contributed by atoms with Crippen molar-refractivity contribution < 1.29 is 0 Å². The van der Waals surface area contributed by atoms with Crippen LogP contribution in [0.25, 0.3) is 0 Å². The summed E-state index contributed by atoms with van der Waals surface area (Å²) >= 11 is 5.67. The Hall–Kier alpha value is 0.01000. The van der Waals surface area contributed by atoms with Crippen molar-refractivity contribution in [3.8, 4) is 0 Å². The lowest BCUT2D eigenvalue weighted by Gasteiger charge is -2.16. The maximum Gasteiger partial charge on any atom is 0.0302 e. The molecule has 108 valence electrons. The summed E-state index contributed by atoms with van der Waals surface area (Å²) in [7, 11) is 0. The average molecular weight is 344 g/mol. The zero-order valence-electron chi connectivity index (χ0n) is 12.5. The number of nitrogens with one attached hydrogen (secondary N) is 1. The maximum atomic E-state index is 3.71. The van der Waals surface area contributed by atoms with Crippen LogP contribution in [0, 0.1) is 5.92 Å². The molecule has 0 aliphatic heterocycles. The largest absolute Gasteiger partial charge is 0.310 e. The zero-order chi connectivity index (χ0) is 14.3. The Bertz CT molecular complexity index is 381. The van der Waals surface area contributed by atoms with Crippen molar-refractivity contribution in [2.45, 2.75) is 51.5 Å². The quantitative estimate of drug-likeness (QED) is 0.612. The van der Waals surface area contributed by atoms with Crippen LogP contribution >= 0.6 is 27.7 Å². The van der Waals surface area contributed by atoms with Crippen LogP contribution in [0.1, 0.15) is 52.1 Å². The molecule has 0 aliphatic carbocycles. The van der Waals surface area contributed by atoms with Gasteiger partial charge in [0, 0.05) is 21.2 Å². The SMILES string of the molecule is CCCNC(C)c1ccc(SCC(C)CC)cc1Br. The molecule has 0 heterocycles. The summed E-state index contributed by atoms with van der Waals surface area (Å²) in [5.41, 5.74) is 1.35. The number of hydrogen-bond acceptors (Lipinski definition) is 2. The van der Waals surface area contributed by atoms with E-state index in [2.05, 4.69) is 67.1 Å². The first-order chi connectivity index (χ1) is 9.08. The van der Waals surface area contributed by atoms with E-state index >= 15 is 0 Å². The van der Waals surface area contributed by atoms with Crippen molar-refractivity contribution >= 4 is 27.7 Å². The molecule has 1 rings (SSSR count). The van der Waals surface area contributed by atoms with Crippen molar-refractivity contribution in [1.29, 1.82) is 0 Å². The van der Waals surface area contributed by atoms with Crippen LogP contribution in [-0.4, -0.2) is 12.3 Å². The third-order valence-electron chi connectivity index (χ3n) is 3.37. The summed E-state index contributed by atoms with van der Waals surface area (Å²) in [6.45, 7) is 10.1. The summed E-state index contributed by atoms with van der Waals surface area (Å²) in [5.74, 6) is 1.99. The minimum atomic E-state index is 0.406. The van der Waals surface area contributed by atoms with Gasteiger partial charge in [-0.25, -0.2) is 0 Å². The fourth-order valence-corrected chi connectivity index (χ4v) is 3.73. The highest BCUT2D eigenvalue weighted by Crippen LogP contribution is 2.30. The van der Waals surface area contributed by atoms with E-state index in [1.54, 1.807) is 0 Å². The average Bonchev–Trinajstić information content (AvgIpc) is 2.42. The molecule has 19 heavy (non-hydrogen) atoms. The molecule has 0 saturated heterocycles. The minimum Gasteiger partial charge on any atom is -0.310 e. The Morgan fingerprint density at radius 3 is 2.58 bits per heavy atom. The Labute approximate surface area is 131 Å². The Morgan fingerprint density at radius 1 is 1.26 bits per heavy atom. The summed E-state index contributed by atoms with van der Waals surface area (Å²) < 4.78 is 1.22. The van der Waals surface area contributed by atoms with Crippen molar-refractivity contribution in [2.24, 2.45) is 5.92 Å². The maximum absolute atomic E-state index is 3.71. The third kappa shape index (κ3) is 5.88. The second kappa shape index (κ2) is 9.04. The van der Waals surface area contributed by atoms with Gasteiger partial charge in [0.25, 0.3) is 0 Å². The van der Waals surface area contributed by atoms with E-state index in [0.29, 0.717) is 6.04 Å². The molecule has 0 aromatic heterocycles. The molecule has 0 radical (unpaired) electrons. The molecule has 1 aromatic rings. The van der Waals surface area contributed by atoms with Gasteiger partial charge in [0.1, 0.15) is 0 Å². The van der Waals surface area contributed by atoms with Crippen molar-refractivity contribution in [3.63, 3.8) is 0 Å². The number of hydrogen-bond donors (Lipinski definition) is 1. The standard InChI is InChI=1S/C16H26BrNS/c1-5-9-18-13(4)15-8-7-14(10-16(15)17)19-11-12(3)6-2/h7-8,10,12-13,18H,5-6,9,11H2,1-4H3. The van der Waals surface area contributed by atoms with Crippen LogP contribution in [0.2, 0.25) is 0 Å². The van der Waals surface area contributed by atoms with Gasteiger partial charge in [-0.2, -0.15) is 0 Å². The fourth-order valence-electron chi connectivity index (χ4n) is 1.78. The molecular formula is C16H26BrNS. The normalized spacial score (nSPS) is 14.4. The first-order valence-electron chi connectivity index (χ1n) is 7.24. The Balaban J connectivity index is 2.63. The van der Waals surface area contributed by atoms with Crippen molar-refractivity contribution in [2.75, 3.05) is 12.3 Å². The van der Waals surface area contributed by atoms with E-state index < -0.39 is 0 Å². The highest BCUT2D eigenvalue weighted by molar-refractivity contribution is 9.10. The molecule has 3 heteroatoms. The van der Waals surface area contributed by atoms with Crippen LogP contribution in [0.5, 0.6) is 0 Å². The molecule has 2 atom stereocenters. The van der Waals surface area contributed by atoms with Crippen LogP contribution in [0.15, 0.2) is 27.6 Å². The highest BCUT2D eigenvalue weighted by Gasteiger charge is 2.09. The molecule has 0 bridgehead atoms. The molecule has 0 fully saturated rings. The third-order valence-corrected chi connectivity index (χ3v) is 5.38. The van der Waals surface area contributed by atoms with Gasteiger partial charge in [0.15, 0.2) is 0 Å². The van der Waals surface area contributed by atoms with Crippen LogP contribution in [-0.2, 0) is 0 Å². The van der Waals surface area contributed by atoms with E-state index in [4.69, 9.17) is 0 Å². The number of thioether (sulfide) groups is 1. The van der Waals surface area contributed by atoms with Gasteiger partial charge in [-0.15, -0.1) is 11.8 Å². The van der Waals surface area contributed by atoms with Crippen LogP contribution in [0.3, 0.4) is 0 Å². The minimum absolute atomic E-state index is 0.406. The van der Waals surface area contributed by atoms with Gasteiger partial charge < -0.3 is 5.32 Å². The van der Waals surface area contributed by atoms with Crippen molar-refractivity contribution in [1.82, 2.24) is 5.32 Å². The summed E-state index contributed by atoms with van der Waals surface area (Å²) in [6.07, 6.45) is 2.43. The Morgan fingerprint density at radius 2 is 2.00 bits per heavy atom. The molecule has 1 aromatic carbocycles. The molecule has 1 nitrogen and oxygen atoms in total. The smallest absolute Gasteiger partial charge is 0.0302 e. The monoisotopic (exact) mass is 343 g/mol. The lowest BCUT2D eigenvalue weighted by molar-refractivity contribution is 0.568. The molecule has 1 N–H and O–H groups in total. The highest BCUT2D eigenvalue weighted by atomic mass is 79.9. The van der Waals surface area contributed by atoms with Gasteiger partial charge in [-0.1, -0.05) is 49.2 Å². The molecule has 2 unspecified atom stereocenters. The van der Waals surface area contributed by atoms with Crippen LogP contribution in [0.4, 0.5) is 0 Å². The van der Waals surface area contributed by atoms with Gasteiger partial charge in [-0.05, 0) is 43.5 Å². The van der Waals surface area contributed by atoms with E-state index in [-0.39, 0.29) is 0 Å². The van der Waals surface area contributed by atoms with Gasteiger partial charge >= 0.3 is 0 Å². The van der Waals surface area contributed by atoms with Gasteiger partial charge in [-0.3, -0.25) is 0 Å². The molecule has 0 spiro atoms. The summed E-state index contributed by atoms with van der Waals surface area (Å²) in [5, 5.41) is 3.53. The van der Waals surface area contributed by atoms with E-state index in [1.807, 2.05) is 11.8 Å². The lowest BCUT2D eigenvalue weighted by Crippen LogP contribution is -2.19. The zero-order valence-corrected chi connectivity index (χ0v) is 14.9. The van der Waals surface area contributed by atoms with Crippen molar-refractivity contribution in [3.05, 3.63) is 28.2 Å².